The molecule has 4 nitrogen and oxygen atoms in total. The summed E-state index contributed by atoms with van der Waals surface area (Å²) in [5.41, 5.74) is 0.721. The molecule has 1 atom stereocenters. The van der Waals surface area contributed by atoms with E-state index >= 15 is 0 Å². The second-order valence-corrected chi connectivity index (χ2v) is 4.08. The predicted octanol–water partition coefficient (Wildman–Crippen LogP) is 1.86. The Bertz CT molecular complexity index is 333. The second kappa shape index (κ2) is 6.43. The summed E-state index contributed by atoms with van der Waals surface area (Å²) in [5, 5.41) is 7.39. The van der Waals surface area contributed by atoms with Crippen molar-refractivity contribution < 1.29 is 4.79 Å². The van der Waals surface area contributed by atoms with Gasteiger partial charge in [-0.05, 0) is 19.9 Å². The SMILES string of the molecule is CCCn1cc(C(=O)CC(C)NCC)cn1. The van der Waals surface area contributed by atoms with E-state index in [9.17, 15) is 4.79 Å². The van der Waals surface area contributed by atoms with Gasteiger partial charge in [0.2, 0.25) is 0 Å². The standard InChI is InChI=1S/C12H21N3O/c1-4-6-15-9-11(8-14-15)12(16)7-10(3)13-5-2/h8-10,13H,4-7H2,1-3H3. The molecule has 0 aliphatic rings. The second-order valence-electron chi connectivity index (χ2n) is 4.08. The van der Waals surface area contributed by atoms with E-state index in [1.807, 2.05) is 24.7 Å². The molecular formula is C12H21N3O. The van der Waals surface area contributed by atoms with Gasteiger partial charge < -0.3 is 5.32 Å². The third-order valence-electron chi connectivity index (χ3n) is 2.45. The molecule has 1 aromatic heterocycles. The minimum atomic E-state index is 0.163. The highest BCUT2D eigenvalue weighted by atomic mass is 16.1. The Kier molecular flexibility index (Phi) is 5.19. The molecule has 1 heterocycles. The summed E-state index contributed by atoms with van der Waals surface area (Å²) >= 11 is 0. The number of ketones is 1. The Morgan fingerprint density at radius 2 is 2.31 bits per heavy atom. The lowest BCUT2D eigenvalue weighted by Gasteiger charge is -2.09. The zero-order chi connectivity index (χ0) is 12.0. The zero-order valence-corrected chi connectivity index (χ0v) is 10.4. The quantitative estimate of drug-likeness (QED) is 0.718. The van der Waals surface area contributed by atoms with Crippen LogP contribution in [0.4, 0.5) is 0 Å². The highest BCUT2D eigenvalue weighted by Crippen LogP contribution is 2.05. The van der Waals surface area contributed by atoms with E-state index in [0.29, 0.717) is 6.42 Å². The van der Waals surface area contributed by atoms with Crippen LogP contribution in [0.1, 0.15) is 44.0 Å². The van der Waals surface area contributed by atoms with Crippen molar-refractivity contribution in [2.75, 3.05) is 6.54 Å². The van der Waals surface area contributed by atoms with Crippen LogP contribution < -0.4 is 5.32 Å². The van der Waals surface area contributed by atoms with E-state index in [1.54, 1.807) is 6.20 Å². The fraction of sp³-hybridized carbons (Fsp3) is 0.667. The van der Waals surface area contributed by atoms with E-state index in [1.165, 1.54) is 0 Å². The number of aromatic nitrogens is 2. The number of carbonyl (C=O) groups is 1. The van der Waals surface area contributed by atoms with E-state index in [4.69, 9.17) is 0 Å². The van der Waals surface area contributed by atoms with Crippen molar-refractivity contribution in [2.24, 2.45) is 0 Å². The Labute approximate surface area is 97.0 Å². The summed E-state index contributed by atoms with van der Waals surface area (Å²) in [7, 11) is 0. The van der Waals surface area contributed by atoms with Crippen molar-refractivity contribution in [3.63, 3.8) is 0 Å². The van der Waals surface area contributed by atoms with Gasteiger partial charge in [-0.25, -0.2) is 0 Å². The van der Waals surface area contributed by atoms with Crippen molar-refractivity contribution in [3.8, 4) is 0 Å². The molecule has 0 aromatic carbocycles. The van der Waals surface area contributed by atoms with Gasteiger partial charge in [0.05, 0.1) is 11.8 Å². The molecule has 1 rings (SSSR count). The highest BCUT2D eigenvalue weighted by Gasteiger charge is 2.12. The first kappa shape index (κ1) is 12.9. The normalized spacial score (nSPS) is 12.7. The Morgan fingerprint density at radius 3 is 2.94 bits per heavy atom. The smallest absolute Gasteiger partial charge is 0.167 e. The number of nitrogens with one attached hydrogen (secondary N) is 1. The monoisotopic (exact) mass is 223 g/mol. The number of aryl methyl sites for hydroxylation is 1. The van der Waals surface area contributed by atoms with Gasteiger partial charge in [0.25, 0.3) is 0 Å². The van der Waals surface area contributed by atoms with Crippen LogP contribution in [0.25, 0.3) is 0 Å². The van der Waals surface area contributed by atoms with E-state index < -0.39 is 0 Å². The van der Waals surface area contributed by atoms with Gasteiger partial charge >= 0.3 is 0 Å². The number of carbonyl (C=O) groups excluding carboxylic acids is 1. The van der Waals surface area contributed by atoms with Crippen LogP contribution >= 0.6 is 0 Å². The van der Waals surface area contributed by atoms with Crippen molar-refractivity contribution >= 4 is 5.78 Å². The first-order valence-corrected chi connectivity index (χ1v) is 5.96. The summed E-state index contributed by atoms with van der Waals surface area (Å²) in [6, 6.07) is 0.229. The van der Waals surface area contributed by atoms with Crippen LogP contribution in [0.5, 0.6) is 0 Å². The summed E-state index contributed by atoms with van der Waals surface area (Å²) in [5.74, 6) is 0.163. The lowest BCUT2D eigenvalue weighted by molar-refractivity contribution is 0.0971. The Morgan fingerprint density at radius 1 is 1.56 bits per heavy atom. The molecule has 0 bridgehead atoms. The highest BCUT2D eigenvalue weighted by molar-refractivity contribution is 5.95. The Hall–Kier alpha value is -1.16. The fourth-order valence-corrected chi connectivity index (χ4v) is 1.68. The Balaban J connectivity index is 2.52. The van der Waals surface area contributed by atoms with Crippen molar-refractivity contribution in [3.05, 3.63) is 18.0 Å². The number of nitrogens with zero attached hydrogens (tertiary/aromatic N) is 2. The molecule has 0 saturated heterocycles. The molecule has 0 radical (unpaired) electrons. The van der Waals surface area contributed by atoms with E-state index in [0.717, 1.165) is 25.1 Å². The van der Waals surface area contributed by atoms with Gasteiger partial charge in [0.15, 0.2) is 5.78 Å². The van der Waals surface area contributed by atoms with Crippen molar-refractivity contribution in [1.29, 1.82) is 0 Å². The maximum atomic E-state index is 11.9. The summed E-state index contributed by atoms with van der Waals surface area (Å²) in [6.07, 6.45) is 5.07. The molecule has 0 aliphatic heterocycles. The molecule has 90 valence electrons. The number of hydrogen-bond acceptors (Lipinski definition) is 3. The molecule has 1 aromatic rings. The zero-order valence-electron chi connectivity index (χ0n) is 10.4. The minimum Gasteiger partial charge on any atom is -0.314 e. The number of Topliss-reactive ketones (excluding diaryl/α,β-unsaturated/α-hetero) is 1. The summed E-state index contributed by atoms with van der Waals surface area (Å²) < 4.78 is 1.82. The molecule has 1 N–H and O–H groups in total. The number of rotatable bonds is 7. The molecule has 0 aliphatic carbocycles. The van der Waals surface area contributed by atoms with E-state index in [2.05, 4.69) is 17.3 Å². The van der Waals surface area contributed by atoms with Crippen LogP contribution in [-0.4, -0.2) is 28.2 Å². The maximum Gasteiger partial charge on any atom is 0.167 e. The first-order valence-electron chi connectivity index (χ1n) is 5.96. The van der Waals surface area contributed by atoms with Crippen LogP contribution in [0.2, 0.25) is 0 Å². The van der Waals surface area contributed by atoms with Gasteiger partial charge in [-0.1, -0.05) is 13.8 Å². The maximum absolute atomic E-state index is 11.9. The van der Waals surface area contributed by atoms with E-state index in [-0.39, 0.29) is 11.8 Å². The summed E-state index contributed by atoms with van der Waals surface area (Å²) in [4.78, 5) is 11.9. The fourth-order valence-electron chi connectivity index (χ4n) is 1.68. The average molecular weight is 223 g/mol. The average Bonchev–Trinajstić information content (AvgIpc) is 2.67. The van der Waals surface area contributed by atoms with Crippen molar-refractivity contribution in [1.82, 2.24) is 15.1 Å². The van der Waals surface area contributed by atoms with Crippen LogP contribution in [-0.2, 0) is 6.54 Å². The molecule has 1 unspecified atom stereocenters. The van der Waals surface area contributed by atoms with Gasteiger partial charge in [-0.3, -0.25) is 9.48 Å². The van der Waals surface area contributed by atoms with Gasteiger partial charge in [0, 0.05) is 25.2 Å². The minimum absolute atomic E-state index is 0.163. The molecule has 0 fully saturated rings. The van der Waals surface area contributed by atoms with Gasteiger partial charge in [-0.2, -0.15) is 5.10 Å². The molecule has 0 amide bonds. The molecule has 0 saturated carbocycles. The van der Waals surface area contributed by atoms with Crippen LogP contribution in [0.3, 0.4) is 0 Å². The molecule has 16 heavy (non-hydrogen) atoms. The third-order valence-corrected chi connectivity index (χ3v) is 2.45. The lowest BCUT2D eigenvalue weighted by Crippen LogP contribution is -2.28. The topological polar surface area (TPSA) is 46.9 Å². The van der Waals surface area contributed by atoms with Crippen LogP contribution in [0.15, 0.2) is 12.4 Å². The first-order chi connectivity index (χ1) is 7.67. The van der Waals surface area contributed by atoms with Gasteiger partial charge in [-0.15, -0.1) is 0 Å². The number of hydrogen-bond donors (Lipinski definition) is 1. The van der Waals surface area contributed by atoms with Crippen molar-refractivity contribution in [2.45, 2.75) is 46.2 Å². The van der Waals surface area contributed by atoms with Crippen LogP contribution in [0, 0.1) is 0 Å². The third kappa shape index (κ3) is 3.77. The molecule has 0 spiro atoms. The predicted molar refractivity (Wildman–Crippen MR) is 64.6 cm³/mol. The van der Waals surface area contributed by atoms with Gasteiger partial charge in [0.1, 0.15) is 0 Å². The lowest BCUT2D eigenvalue weighted by atomic mass is 10.1. The molecular weight excluding hydrogens is 202 g/mol. The molecule has 4 heteroatoms. The summed E-state index contributed by atoms with van der Waals surface area (Å²) in [6.45, 7) is 7.92. The largest absolute Gasteiger partial charge is 0.314 e.